The van der Waals surface area contributed by atoms with E-state index in [0.717, 1.165) is 36.9 Å². The van der Waals surface area contributed by atoms with Crippen LogP contribution in [-0.4, -0.2) is 50.1 Å². The fourth-order valence-corrected chi connectivity index (χ4v) is 4.11. The van der Waals surface area contributed by atoms with Gasteiger partial charge in [-0.05, 0) is 43.4 Å². The number of hydrogen-bond donors (Lipinski definition) is 2. The monoisotopic (exact) mass is 386 g/mol. The van der Waals surface area contributed by atoms with Crippen LogP contribution < -0.4 is 15.5 Å². The maximum atomic E-state index is 12.4. The molecular weight excluding hydrogens is 352 g/mol. The minimum absolute atomic E-state index is 0.0197. The lowest BCUT2D eigenvalue weighted by atomic mass is 9.88. The highest BCUT2D eigenvalue weighted by Crippen LogP contribution is 2.24. The van der Waals surface area contributed by atoms with Crippen LogP contribution in [0.4, 0.5) is 10.5 Å². The number of carbonyl (C=O) groups excluding carboxylic acids is 2. The zero-order valence-electron chi connectivity index (χ0n) is 17.2. The molecule has 3 amide bonds. The number of anilines is 1. The highest BCUT2D eigenvalue weighted by atomic mass is 16.2. The molecule has 3 rings (SSSR count). The molecule has 1 aromatic rings. The van der Waals surface area contributed by atoms with E-state index in [1.165, 1.54) is 19.3 Å². The third kappa shape index (κ3) is 5.63. The van der Waals surface area contributed by atoms with Gasteiger partial charge in [0.2, 0.25) is 5.91 Å². The van der Waals surface area contributed by atoms with Gasteiger partial charge in [0.05, 0.1) is 0 Å². The van der Waals surface area contributed by atoms with Crippen molar-refractivity contribution in [2.24, 2.45) is 5.92 Å². The average molecular weight is 387 g/mol. The summed E-state index contributed by atoms with van der Waals surface area (Å²) in [6.45, 7) is 1.92. The van der Waals surface area contributed by atoms with Crippen LogP contribution in [0.25, 0.3) is 0 Å². The van der Waals surface area contributed by atoms with Gasteiger partial charge in [0, 0.05) is 51.4 Å². The molecule has 154 valence electrons. The van der Waals surface area contributed by atoms with Crippen LogP contribution >= 0.6 is 0 Å². The van der Waals surface area contributed by atoms with E-state index < -0.39 is 0 Å². The van der Waals surface area contributed by atoms with E-state index in [4.69, 9.17) is 0 Å². The van der Waals surface area contributed by atoms with Gasteiger partial charge in [-0.25, -0.2) is 4.79 Å². The lowest BCUT2D eigenvalue weighted by Crippen LogP contribution is -2.50. The largest absolute Gasteiger partial charge is 0.378 e. The van der Waals surface area contributed by atoms with E-state index in [1.54, 1.807) is 0 Å². The van der Waals surface area contributed by atoms with Crippen molar-refractivity contribution in [3.05, 3.63) is 29.8 Å². The maximum Gasteiger partial charge on any atom is 0.317 e. The van der Waals surface area contributed by atoms with Crippen molar-refractivity contribution < 1.29 is 9.59 Å². The van der Waals surface area contributed by atoms with Gasteiger partial charge in [-0.2, -0.15) is 0 Å². The Hall–Kier alpha value is -2.24. The van der Waals surface area contributed by atoms with Crippen molar-refractivity contribution in [3.63, 3.8) is 0 Å². The lowest BCUT2D eigenvalue weighted by molar-refractivity contribution is -0.126. The van der Waals surface area contributed by atoms with E-state index >= 15 is 0 Å². The molecule has 2 fully saturated rings. The first-order valence-corrected chi connectivity index (χ1v) is 10.6. The molecule has 0 spiro atoms. The van der Waals surface area contributed by atoms with Gasteiger partial charge in [-0.15, -0.1) is 0 Å². The van der Waals surface area contributed by atoms with Crippen LogP contribution in [-0.2, 0) is 11.3 Å². The molecule has 2 aliphatic rings. The zero-order valence-corrected chi connectivity index (χ0v) is 17.2. The molecule has 0 bridgehead atoms. The molecule has 1 aliphatic carbocycles. The van der Waals surface area contributed by atoms with Crippen molar-refractivity contribution >= 4 is 17.6 Å². The van der Waals surface area contributed by atoms with Crippen molar-refractivity contribution in [1.29, 1.82) is 0 Å². The zero-order chi connectivity index (χ0) is 19.9. The van der Waals surface area contributed by atoms with Crippen LogP contribution in [0, 0.1) is 5.92 Å². The molecule has 28 heavy (non-hydrogen) atoms. The Morgan fingerprint density at radius 1 is 1.00 bits per heavy atom. The number of amides is 3. The molecule has 0 radical (unpaired) electrons. The molecule has 1 saturated carbocycles. The molecule has 2 N–H and O–H groups in total. The number of piperidine rings is 1. The fourth-order valence-electron chi connectivity index (χ4n) is 4.11. The summed E-state index contributed by atoms with van der Waals surface area (Å²) in [5.41, 5.74) is 2.24. The number of carbonyl (C=O) groups is 2. The summed E-state index contributed by atoms with van der Waals surface area (Å²) in [5.74, 6) is 0.428. The molecule has 0 atom stereocenters. The standard InChI is InChI=1S/C22H34N4O2/c1-25(2)20-10-8-17(9-11-20)16-23-22(28)26-14-12-19(13-15-26)24-21(27)18-6-4-3-5-7-18/h8-11,18-19H,3-7,12-16H2,1-2H3,(H,23,28)(H,24,27). The first-order valence-electron chi connectivity index (χ1n) is 10.6. The van der Waals surface area contributed by atoms with Crippen LogP contribution in [0.15, 0.2) is 24.3 Å². The molecule has 6 nitrogen and oxygen atoms in total. The molecule has 0 aromatic heterocycles. The van der Waals surface area contributed by atoms with E-state index in [9.17, 15) is 9.59 Å². The smallest absolute Gasteiger partial charge is 0.317 e. The van der Waals surface area contributed by atoms with Gasteiger partial charge in [0.1, 0.15) is 0 Å². The van der Waals surface area contributed by atoms with Crippen LogP contribution in [0.3, 0.4) is 0 Å². The number of likely N-dealkylation sites (tertiary alicyclic amines) is 1. The second-order valence-corrected chi connectivity index (χ2v) is 8.32. The van der Waals surface area contributed by atoms with Crippen molar-refractivity contribution in [3.8, 4) is 0 Å². The first-order chi connectivity index (χ1) is 13.5. The number of benzene rings is 1. The quantitative estimate of drug-likeness (QED) is 0.817. The number of rotatable bonds is 5. The minimum atomic E-state index is -0.0197. The third-order valence-corrected chi connectivity index (χ3v) is 6.00. The number of urea groups is 1. The van der Waals surface area contributed by atoms with Gasteiger partial charge < -0.3 is 20.4 Å². The van der Waals surface area contributed by atoms with Gasteiger partial charge >= 0.3 is 6.03 Å². The van der Waals surface area contributed by atoms with E-state index in [0.29, 0.717) is 19.6 Å². The summed E-state index contributed by atoms with van der Waals surface area (Å²) < 4.78 is 0. The third-order valence-electron chi connectivity index (χ3n) is 6.00. The van der Waals surface area contributed by atoms with Crippen molar-refractivity contribution in [1.82, 2.24) is 15.5 Å². The van der Waals surface area contributed by atoms with Crippen molar-refractivity contribution in [2.75, 3.05) is 32.1 Å². The predicted molar refractivity (Wildman–Crippen MR) is 112 cm³/mol. The van der Waals surface area contributed by atoms with Crippen LogP contribution in [0.5, 0.6) is 0 Å². The Morgan fingerprint density at radius 3 is 2.25 bits per heavy atom. The van der Waals surface area contributed by atoms with Gasteiger partial charge in [0.25, 0.3) is 0 Å². The lowest BCUT2D eigenvalue weighted by Gasteiger charge is -2.33. The summed E-state index contributed by atoms with van der Waals surface area (Å²) in [7, 11) is 4.02. The van der Waals surface area contributed by atoms with Crippen molar-refractivity contribution in [2.45, 2.75) is 57.5 Å². The molecule has 1 aromatic carbocycles. The van der Waals surface area contributed by atoms with E-state index in [-0.39, 0.29) is 23.9 Å². The topological polar surface area (TPSA) is 64.7 Å². The molecule has 1 heterocycles. The van der Waals surface area contributed by atoms with E-state index in [1.807, 2.05) is 31.1 Å². The maximum absolute atomic E-state index is 12.4. The molecule has 6 heteroatoms. The Kier molecular flexibility index (Phi) is 7.18. The normalized spacial score (nSPS) is 18.6. The predicted octanol–water partition coefficient (Wildman–Crippen LogP) is 3.12. The summed E-state index contributed by atoms with van der Waals surface area (Å²) in [6, 6.07) is 8.39. The second-order valence-electron chi connectivity index (χ2n) is 8.32. The Labute approximate surface area is 168 Å². The summed E-state index contributed by atoms with van der Waals surface area (Å²) in [4.78, 5) is 28.8. The molecule has 1 aliphatic heterocycles. The van der Waals surface area contributed by atoms with E-state index in [2.05, 4.69) is 27.7 Å². The van der Waals surface area contributed by atoms with Gasteiger partial charge in [-0.1, -0.05) is 31.4 Å². The summed E-state index contributed by atoms with van der Waals surface area (Å²) in [5, 5.41) is 6.23. The molecule has 0 unspecified atom stereocenters. The summed E-state index contributed by atoms with van der Waals surface area (Å²) in [6.07, 6.45) is 7.35. The Balaban J connectivity index is 1.38. The Bertz CT molecular complexity index is 645. The minimum Gasteiger partial charge on any atom is -0.378 e. The molecule has 1 saturated heterocycles. The highest BCUT2D eigenvalue weighted by molar-refractivity contribution is 5.79. The fraction of sp³-hybridized carbons (Fsp3) is 0.636. The molecular formula is C22H34N4O2. The van der Waals surface area contributed by atoms with Crippen LogP contribution in [0.1, 0.15) is 50.5 Å². The number of nitrogens with one attached hydrogen (secondary N) is 2. The average Bonchev–Trinajstić information content (AvgIpc) is 2.73. The second kappa shape index (κ2) is 9.80. The van der Waals surface area contributed by atoms with Gasteiger partial charge in [-0.3, -0.25) is 4.79 Å². The van der Waals surface area contributed by atoms with Crippen LogP contribution in [0.2, 0.25) is 0 Å². The first kappa shape index (κ1) is 20.5. The highest BCUT2D eigenvalue weighted by Gasteiger charge is 2.27. The number of hydrogen-bond acceptors (Lipinski definition) is 3. The van der Waals surface area contributed by atoms with Gasteiger partial charge in [0.15, 0.2) is 0 Å². The Morgan fingerprint density at radius 2 is 1.64 bits per heavy atom. The SMILES string of the molecule is CN(C)c1ccc(CNC(=O)N2CCC(NC(=O)C3CCCCC3)CC2)cc1. The summed E-state index contributed by atoms with van der Waals surface area (Å²) >= 11 is 0. The number of nitrogens with zero attached hydrogens (tertiary/aromatic N) is 2.